The van der Waals surface area contributed by atoms with Gasteiger partial charge in [0.1, 0.15) is 79.4 Å². The molecule has 81 heavy (non-hydrogen) atoms. The molecular weight excluding hydrogens is 1150 g/mol. The second-order valence-electron chi connectivity index (χ2n) is 20.1. The minimum Gasteiger partial charge on any atom is -0.479 e. The summed E-state index contributed by atoms with van der Waals surface area (Å²) >= 11 is 0. The molecule has 35 nitrogen and oxygen atoms in total. The smallest absolute Gasteiger partial charge is 0.397 e. The lowest BCUT2D eigenvalue weighted by atomic mass is 9.83. The summed E-state index contributed by atoms with van der Waals surface area (Å²) in [5.74, 6) is -7.39. The van der Waals surface area contributed by atoms with Crippen molar-refractivity contribution < 1.29 is 167 Å². The summed E-state index contributed by atoms with van der Waals surface area (Å²) in [7, 11) is -8.93. The highest BCUT2D eigenvalue weighted by Crippen LogP contribution is 2.35. The van der Waals surface area contributed by atoms with Crippen LogP contribution in [0.2, 0.25) is 0 Å². The van der Waals surface area contributed by atoms with Gasteiger partial charge in [0.05, 0.1) is 90.0 Å². The third kappa shape index (κ3) is 18.0. The molecule has 5 fully saturated rings. The maximum atomic E-state index is 11.6. The summed E-state index contributed by atoms with van der Waals surface area (Å²) in [5.41, 5.74) is 0. The molecule has 37 heteroatoms. The number of carbonyl (C=O) groups is 2. The van der Waals surface area contributed by atoms with Crippen LogP contribution in [0.25, 0.3) is 0 Å². The maximum absolute atomic E-state index is 11.6. The second-order valence-corrected chi connectivity index (χ2v) is 22.2. The maximum Gasteiger partial charge on any atom is 0.397 e. The normalized spacial score (nSPS) is 43.3. The minimum absolute atomic E-state index is 0.0254. The minimum atomic E-state index is -5.05. The standard InChI is InChI=1S/C22H38O19S.C22H36O16S/c1-7-12(24)17(41-42(32,33)34)14(26)11(38-7)6-36-4-8-9(21(31)39-10(3-23)13(8)25)5-37-22-16(28)15(27)18(35-2)19(40-22)20(29)30;1-9-13(24)3-14(21(28)29)37-22(9)35-6-11-5-34-15(4-23)18(26)12(11)7-33-8-16-19(27)20(38-39(30,31)32)17(25)10(2)36-16/h7-19,21-28,31H,3-6H2,1-2H3,(H,29,30)(H,32,33,34);3,9-13,15-20,22-27H,4-8H2,1-2H3,(H,28,29)(H,30,31,32). The molecule has 0 radical (unpaired) electrons. The first-order valence-corrected chi connectivity index (χ1v) is 27.9. The van der Waals surface area contributed by atoms with E-state index in [-0.39, 0.29) is 26.4 Å². The van der Waals surface area contributed by atoms with Gasteiger partial charge < -0.3 is 124 Å². The van der Waals surface area contributed by atoms with Gasteiger partial charge in [0.25, 0.3) is 0 Å². The summed E-state index contributed by atoms with van der Waals surface area (Å²) in [5, 5.41) is 142. The molecule has 6 aliphatic heterocycles. The Hall–Kier alpha value is -2.66. The van der Waals surface area contributed by atoms with E-state index >= 15 is 0 Å². The first kappa shape index (κ1) is 69.1. The van der Waals surface area contributed by atoms with Gasteiger partial charge in [0.2, 0.25) is 12.0 Å². The Morgan fingerprint density at radius 1 is 0.568 bits per heavy atom. The quantitative estimate of drug-likeness (QED) is 0.0423. The lowest BCUT2D eigenvalue weighted by Gasteiger charge is -2.44. The molecule has 0 saturated carbocycles. The fourth-order valence-electron chi connectivity index (χ4n) is 9.84. The van der Waals surface area contributed by atoms with E-state index in [1.165, 1.54) is 13.8 Å². The van der Waals surface area contributed by atoms with Crippen molar-refractivity contribution in [2.24, 2.45) is 29.6 Å². The van der Waals surface area contributed by atoms with E-state index in [4.69, 9.17) is 61.2 Å². The van der Waals surface area contributed by atoms with Crippen LogP contribution < -0.4 is 0 Å². The molecule has 6 aliphatic rings. The van der Waals surface area contributed by atoms with Crippen molar-refractivity contribution in [2.75, 3.05) is 66.6 Å². The molecule has 472 valence electrons. The topological polar surface area (TPSA) is 546 Å². The first-order chi connectivity index (χ1) is 37.8. The molecule has 0 aromatic heterocycles. The average Bonchev–Trinajstić information content (AvgIpc) is 3.48. The van der Waals surface area contributed by atoms with Crippen molar-refractivity contribution in [2.45, 2.75) is 156 Å². The van der Waals surface area contributed by atoms with Crippen molar-refractivity contribution >= 4 is 32.7 Å². The van der Waals surface area contributed by atoms with Crippen molar-refractivity contribution in [1.82, 2.24) is 0 Å². The van der Waals surface area contributed by atoms with E-state index in [2.05, 4.69) is 8.37 Å². The van der Waals surface area contributed by atoms with Crippen LogP contribution in [0.4, 0.5) is 0 Å². The summed E-state index contributed by atoms with van der Waals surface area (Å²) in [6.07, 6.45) is -30.7. The Balaban J connectivity index is 0.000000298. The molecule has 0 spiro atoms. The highest BCUT2D eigenvalue weighted by molar-refractivity contribution is 7.81. The number of rotatable bonds is 23. The first-order valence-electron chi connectivity index (χ1n) is 25.2. The van der Waals surface area contributed by atoms with Crippen LogP contribution in [0.1, 0.15) is 20.8 Å². The molecule has 16 N–H and O–H groups in total. The molecule has 0 amide bonds. The van der Waals surface area contributed by atoms with Gasteiger partial charge in [-0.15, -0.1) is 0 Å². The van der Waals surface area contributed by atoms with Crippen LogP contribution in [-0.2, 0) is 90.9 Å². The van der Waals surface area contributed by atoms with Gasteiger partial charge in [0, 0.05) is 36.7 Å². The zero-order valence-electron chi connectivity index (χ0n) is 43.8. The fraction of sp³-hybridized carbons (Fsp3) is 0.909. The van der Waals surface area contributed by atoms with Crippen LogP contribution in [0, 0.1) is 29.6 Å². The highest BCUT2D eigenvalue weighted by Gasteiger charge is 2.52. The Morgan fingerprint density at radius 3 is 1.56 bits per heavy atom. The molecule has 27 atom stereocenters. The van der Waals surface area contributed by atoms with Crippen LogP contribution in [-0.4, -0.2) is 311 Å². The van der Waals surface area contributed by atoms with Crippen molar-refractivity contribution in [3.63, 3.8) is 0 Å². The lowest BCUT2D eigenvalue weighted by Crippen LogP contribution is -2.61. The molecule has 0 aromatic carbocycles. The summed E-state index contributed by atoms with van der Waals surface area (Å²) < 4.78 is 131. The molecule has 6 heterocycles. The van der Waals surface area contributed by atoms with Gasteiger partial charge in [-0.3, -0.25) is 9.11 Å². The van der Waals surface area contributed by atoms with Crippen LogP contribution in [0.3, 0.4) is 0 Å². The van der Waals surface area contributed by atoms with Gasteiger partial charge in [0.15, 0.2) is 18.7 Å². The van der Waals surface area contributed by atoms with Crippen molar-refractivity contribution in [3.8, 4) is 0 Å². The predicted octanol–water partition coefficient (Wildman–Crippen LogP) is -8.41. The van der Waals surface area contributed by atoms with Crippen molar-refractivity contribution in [3.05, 3.63) is 11.8 Å². The van der Waals surface area contributed by atoms with Gasteiger partial charge in [-0.25, -0.2) is 18.0 Å². The van der Waals surface area contributed by atoms with E-state index in [0.29, 0.717) is 0 Å². The number of hydrogen-bond donors (Lipinski definition) is 16. The molecule has 0 aliphatic carbocycles. The molecule has 6 rings (SSSR count). The average molecular weight is 1230 g/mol. The predicted molar refractivity (Wildman–Crippen MR) is 255 cm³/mol. The van der Waals surface area contributed by atoms with Gasteiger partial charge in [-0.05, 0) is 19.9 Å². The van der Waals surface area contributed by atoms with E-state index in [9.17, 15) is 97.9 Å². The molecule has 5 saturated heterocycles. The zero-order valence-corrected chi connectivity index (χ0v) is 45.4. The summed E-state index contributed by atoms with van der Waals surface area (Å²) in [6, 6.07) is 0. The van der Waals surface area contributed by atoms with E-state index in [1.54, 1.807) is 6.92 Å². The van der Waals surface area contributed by atoms with E-state index < -0.39 is 236 Å². The summed E-state index contributed by atoms with van der Waals surface area (Å²) in [6.45, 7) is 1.20. The second kappa shape index (κ2) is 30.1. The largest absolute Gasteiger partial charge is 0.479 e. The number of aliphatic hydroxyl groups excluding tert-OH is 12. The highest BCUT2D eigenvalue weighted by atomic mass is 32.3. The molecular formula is C44H74O35S2. The lowest BCUT2D eigenvalue weighted by molar-refractivity contribution is -0.316. The number of aliphatic carboxylic acids is 2. The van der Waals surface area contributed by atoms with Crippen LogP contribution in [0.15, 0.2) is 11.8 Å². The number of carboxylic acid groups (broad SMARTS) is 2. The Morgan fingerprint density at radius 2 is 1.07 bits per heavy atom. The number of hydrogen-bond acceptors (Lipinski definition) is 31. The van der Waals surface area contributed by atoms with Gasteiger partial charge in [-0.2, -0.15) is 16.8 Å². The van der Waals surface area contributed by atoms with E-state index in [1.807, 2.05) is 0 Å². The van der Waals surface area contributed by atoms with E-state index in [0.717, 1.165) is 13.2 Å². The monoisotopic (exact) mass is 1230 g/mol. The number of aliphatic hydroxyl groups is 12. The van der Waals surface area contributed by atoms with Crippen molar-refractivity contribution in [1.29, 1.82) is 0 Å². The van der Waals surface area contributed by atoms with Gasteiger partial charge >= 0.3 is 32.7 Å². The SMILES string of the molecule is CC1OC(COCC2C(COC3OC(C(=O)O)=CC(O)C3C)COC(CO)C2O)C(O)C(OS(=O)(=O)O)C1O.COC1C(C(=O)O)OC(OCC2C(O)OC(CO)C(O)C2COCC2OC(C)C(O)C(OS(=O)(=O)O)C2O)C(O)C1O. The molecule has 27 unspecified atom stereocenters. The Kier molecular flexibility index (Phi) is 25.7. The molecule has 0 aromatic rings. The zero-order chi connectivity index (χ0) is 60.6. The number of carboxylic acids is 2. The Labute approximate surface area is 462 Å². The van der Waals surface area contributed by atoms with Gasteiger partial charge in [-0.1, -0.05) is 6.92 Å². The number of methoxy groups -OCH3 is 1. The summed E-state index contributed by atoms with van der Waals surface area (Å²) in [4.78, 5) is 22.8. The third-order valence-electron chi connectivity index (χ3n) is 14.6. The fourth-order valence-corrected chi connectivity index (χ4v) is 10.9. The van der Waals surface area contributed by atoms with Crippen LogP contribution >= 0.6 is 0 Å². The Bertz CT molecular complexity index is 2250. The third-order valence-corrected chi connectivity index (χ3v) is 15.5. The molecule has 0 bridgehead atoms. The van der Waals surface area contributed by atoms with Crippen LogP contribution in [0.5, 0.6) is 0 Å². The number of ether oxygens (including phenoxy) is 11.